The highest BCUT2D eigenvalue weighted by atomic mass is 32.2. The molecule has 6 nitrogen and oxygen atoms in total. The fourth-order valence-electron chi connectivity index (χ4n) is 1.68. The minimum atomic E-state index is -0.207. The predicted molar refractivity (Wildman–Crippen MR) is 90.2 cm³/mol. The first-order chi connectivity index (χ1) is 10.6. The number of aromatic nitrogens is 2. The summed E-state index contributed by atoms with van der Waals surface area (Å²) in [7, 11) is 1.62. The minimum absolute atomic E-state index is 0.0311. The fourth-order valence-corrected chi connectivity index (χ4v) is 3.65. The third kappa shape index (κ3) is 4.35. The van der Waals surface area contributed by atoms with E-state index in [-0.39, 0.29) is 11.2 Å². The smallest absolute Gasteiger partial charge is 0.233 e. The second-order valence-electron chi connectivity index (χ2n) is 4.30. The number of nitrogens with one attached hydrogen (secondary N) is 2. The lowest BCUT2D eigenvalue weighted by Gasteiger charge is -2.09. The van der Waals surface area contributed by atoms with Crippen LogP contribution in [0.3, 0.4) is 0 Å². The number of thioether (sulfide) groups is 1. The van der Waals surface area contributed by atoms with Gasteiger partial charge in [-0.05, 0) is 26.0 Å². The Bertz CT molecular complexity index is 633. The van der Waals surface area contributed by atoms with Crippen LogP contribution in [0.5, 0.6) is 5.75 Å². The number of amides is 1. The van der Waals surface area contributed by atoms with Gasteiger partial charge in [-0.15, -0.1) is 10.2 Å². The van der Waals surface area contributed by atoms with Crippen LogP contribution in [0.1, 0.15) is 13.8 Å². The summed E-state index contributed by atoms with van der Waals surface area (Å²) in [5.74, 6) is 0.740. The Labute approximate surface area is 137 Å². The Kier molecular flexibility index (Phi) is 6.02. The van der Waals surface area contributed by atoms with Gasteiger partial charge in [-0.25, -0.2) is 0 Å². The summed E-state index contributed by atoms with van der Waals surface area (Å²) < 4.78 is 6.31. The standard InChI is InChI=1S/C14H18N4O2S2/c1-4-20-11-8-6-5-7-10(11)16-13-17-18-14(22-13)21-9(2)12(19)15-3/h5-9H,4H2,1-3H3,(H,15,19)(H,16,17). The van der Waals surface area contributed by atoms with E-state index in [9.17, 15) is 4.79 Å². The molecule has 1 aromatic carbocycles. The first-order valence-electron chi connectivity index (χ1n) is 6.84. The van der Waals surface area contributed by atoms with Gasteiger partial charge in [0.2, 0.25) is 11.0 Å². The lowest BCUT2D eigenvalue weighted by atomic mass is 10.3. The van der Waals surface area contributed by atoms with Gasteiger partial charge in [-0.2, -0.15) is 0 Å². The molecule has 0 saturated heterocycles. The van der Waals surface area contributed by atoms with Gasteiger partial charge in [0.1, 0.15) is 5.75 Å². The van der Waals surface area contributed by atoms with E-state index >= 15 is 0 Å². The zero-order valence-electron chi connectivity index (χ0n) is 12.6. The highest BCUT2D eigenvalue weighted by molar-refractivity contribution is 8.02. The molecule has 2 N–H and O–H groups in total. The number of hydrogen-bond acceptors (Lipinski definition) is 7. The van der Waals surface area contributed by atoms with Crippen molar-refractivity contribution >= 4 is 39.8 Å². The maximum atomic E-state index is 11.5. The SMILES string of the molecule is CCOc1ccccc1Nc1nnc(SC(C)C(=O)NC)s1. The molecule has 1 amide bonds. The summed E-state index contributed by atoms with van der Waals surface area (Å²) in [6, 6.07) is 7.67. The topological polar surface area (TPSA) is 76.1 Å². The van der Waals surface area contributed by atoms with Gasteiger partial charge in [0.05, 0.1) is 17.5 Å². The Hall–Kier alpha value is -1.80. The summed E-state index contributed by atoms with van der Waals surface area (Å²) in [4.78, 5) is 11.5. The molecule has 0 saturated carbocycles. The van der Waals surface area contributed by atoms with Crippen LogP contribution in [-0.4, -0.2) is 35.0 Å². The average molecular weight is 338 g/mol. The van der Waals surface area contributed by atoms with Crippen molar-refractivity contribution in [1.82, 2.24) is 15.5 Å². The average Bonchev–Trinajstić information content (AvgIpc) is 2.95. The van der Waals surface area contributed by atoms with Gasteiger partial charge >= 0.3 is 0 Å². The van der Waals surface area contributed by atoms with Gasteiger partial charge < -0.3 is 15.4 Å². The molecule has 2 rings (SSSR count). The number of rotatable bonds is 7. The van der Waals surface area contributed by atoms with Crippen molar-refractivity contribution in [3.63, 3.8) is 0 Å². The van der Waals surface area contributed by atoms with E-state index in [0.717, 1.165) is 15.8 Å². The van der Waals surface area contributed by atoms with E-state index in [1.165, 1.54) is 23.1 Å². The number of ether oxygens (including phenoxy) is 1. The normalized spacial score (nSPS) is 11.8. The van der Waals surface area contributed by atoms with Crippen molar-refractivity contribution in [3.8, 4) is 5.75 Å². The van der Waals surface area contributed by atoms with E-state index in [1.54, 1.807) is 7.05 Å². The molecule has 0 aliphatic heterocycles. The summed E-state index contributed by atoms with van der Waals surface area (Å²) in [6.07, 6.45) is 0. The van der Waals surface area contributed by atoms with Crippen LogP contribution in [-0.2, 0) is 4.79 Å². The summed E-state index contributed by atoms with van der Waals surface area (Å²) >= 11 is 2.79. The molecule has 0 fully saturated rings. The van der Waals surface area contributed by atoms with Crippen LogP contribution < -0.4 is 15.4 Å². The van der Waals surface area contributed by atoms with Crippen molar-refractivity contribution in [2.45, 2.75) is 23.4 Å². The number of benzene rings is 1. The van der Waals surface area contributed by atoms with Crippen LogP contribution in [0, 0.1) is 0 Å². The van der Waals surface area contributed by atoms with E-state index in [2.05, 4.69) is 20.8 Å². The lowest BCUT2D eigenvalue weighted by Crippen LogP contribution is -2.27. The highest BCUT2D eigenvalue weighted by Crippen LogP contribution is 2.33. The van der Waals surface area contributed by atoms with E-state index in [0.29, 0.717) is 11.7 Å². The zero-order valence-corrected chi connectivity index (χ0v) is 14.3. The van der Waals surface area contributed by atoms with Crippen LogP contribution in [0.4, 0.5) is 10.8 Å². The Morgan fingerprint density at radius 2 is 2.18 bits per heavy atom. The Morgan fingerprint density at radius 1 is 1.41 bits per heavy atom. The predicted octanol–water partition coefficient (Wildman–Crippen LogP) is 2.91. The number of anilines is 2. The quantitative estimate of drug-likeness (QED) is 0.756. The number of carbonyl (C=O) groups is 1. The number of para-hydroxylation sites is 2. The van der Waals surface area contributed by atoms with Gasteiger partial charge in [-0.3, -0.25) is 4.79 Å². The first kappa shape index (κ1) is 16.6. The lowest BCUT2D eigenvalue weighted by molar-refractivity contribution is -0.119. The zero-order chi connectivity index (χ0) is 15.9. The van der Waals surface area contributed by atoms with Gasteiger partial charge in [0, 0.05) is 7.05 Å². The van der Waals surface area contributed by atoms with Crippen LogP contribution in [0.15, 0.2) is 28.6 Å². The van der Waals surface area contributed by atoms with Crippen LogP contribution >= 0.6 is 23.1 Å². The summed E-state index contributed by atoms with van der Waals surface area (Å²) in [5, 5.41) is 14.5. The van der Waals surface area contributed by atoms with Crippen molar-refractivity contribution in [2.75, 3.05) is 19.0 Å². The molecule has 2 aromatic rings. The van der Waals surface area contributed by atoms with Crippen molar-refractivity contribution in [3.05, 3.63) is 24.3 Å². The van der Waals surface area contributed by atoms with Crippen molar-refractivity contribution in [1.29, 1.82) is 0 Å². The monoisotopic (exact) mass is 338 g/mol. The fraction of sp³-hybridized carbons (Fsp3) is 0.357. The molecule has 1 heterocycles. The van der Waals surface area contributed by atoms with Gasteiger partial charge in [-0.1, -0.05) is 35.2 Å². The molecule has 0 bridgehead atoms. The molecule has 118 valence electrons. The molecule has 1 aromatic heterocycles. The minimum Gasteiger partial charge on any atom is -0.492 e. The molecule has 0 radical (unpaired) electrons. The summed E-state index contributed by atoms with van der Waals surface area (Å²) in [6.45, 7) is 4.37. The van der Waals surface area contributed by atoms with Gasteiger partial charge in [0.25, 0.3) is 0 Å². The molecular weight excluding hydrogens is 320 g/mol. The number of nitrogens with zero attached hydrogens (tertiary/aromatic N) is 2. The van der Waals surface area contributed by atoms with Gasteiger partial charge in [0.15, 0.2) is 4.34 Å². The molecular formula is C14H18N4O2S2. The second kappa shape index (κ2) is 8.00. The molecule has 0 spiro atoms. The molecule has 1 unspecified atom stereocenters. The van der Waals surface area contributed by atoms with Crippen LogP contribution in [0.2, 0.25) is 0 Å². The summed E-state index contributed by atoms with van der Waals surface area (Å²) in [5.41, 5.74) is 0.844. The van der Waals surface area contributed by atoms with Crippen molar-refractivity contribution in [2.24, 2.45) is 0 Å². The maximum absolute atomic E-state index is 11.5. The maximum Gasteiger partial charge on any atom is 0.233 e. The highest BCUT2D eigenvalue weighted by Gasteiger charge is 2.16. The molecule has 1 atom stereocenters. The van der Waals surface area contributed by atoms with E-state index in [4.69, 9.17) is 4.74 Å². The molecule has 0 aliphatic carbocycles. The Balaban J connectivity index is 2.05. The van der Waals surface area contributed by atoms with E-state index < -0.39 is 0 Å². The number of carbonyl (C=O) groups excluding carboxylic acids is 1. The van der Waals surface area contributed by atoms with Crippen LogP contribution in [0.25, 0.3) is 0 Å². The third-order valence-electron chi connectivity index (χ3n) is 2.73. The first-order valence-corrected chi connectivity index (χ1v) is 8.54. The number of hydrogen-bond donors (Lipinski definition) is 2. The molecule has 8 heteroatoms. The molecule has 0 aliphatic rings. The second-order valence-corrected chi connectivity index (χ2v) is 6.87. The largest absolute Gasteiger partial charge is 0.492 e. The van der Waals surface area contributed by atoms with E-state index in [1.807, 2.05) is 38.1 Å². The Morgan fingerprint density at radius 3 is 2.91 bits per heavy atom. The molecule has 22 heavy (non-hydrogen) atoms. The van der Waals surface area contributed by atoms with Crippen molar-refractivity contribution < 1.29 is 9.53 Å². The third-order valence-corrected chi connectivity index (χ3v) is 4.75.